The van der Waals surface area contributed by atoms with Crippen molar-refractivity contribution in [3.05, 3.63) is 71.5 Å². The van der Waals surface area contributed by atoms with Crippen molar-refractivity contribution >= 4 is 11.9 Å². The van der Waals surface area contributed by atoms with E-state index in [1.165, 1.54) is 12.1 Å². The third-order valence-electron chi connectivity index (χ3n) is 4.43. The number of hydrogen-bond donors (Lipinski definition) is 2. The minimum Gasteiger partial charge on any atom is -0.338 e. The monoisotopic (exact) mass is 355 g/mol. The summed E-state index contributed by atoms with van der Waals surface area (Å²) in [7, 11) is 0. The molecule has 136 valence electrons. The van der Waals surface area contributed by atoms with Crippen LogP contribution in [0.15, 0.2) is 54.6 Å². The maximum atomic E-state index is 13.0. The first-order valence-corrected chi connectivity index (χ1v) is 8.68. The number of amides is 3. The van der Waals surface area contributed by atoms with Crippen LogP contribution >= 0.6 is 0 Å². The first-order chi connectivity index (χ1) is 12.6. The molecule has 0 aromatic heterocycles. The molecule has 1 aliphatic rings. The quantitative estimate of drug-likeness (QED) is 0.837. The van der Waals surface area contributed by atoms with Crippen molar-refractivity contribution in [2.75, 3.05) is 13.1 Å². The lowest BCUT2D eigenvalue weighted by atomic mass is 10.1. The summed E-state index contributed by atoms with van der Waals surface area (Å²) in [4.78, 5) is 25.8. The third kappa shape index (κ3) is 5.05. The van der Waals surface area contributed by atoms with Gasteiger partial charge in [-0.2, -0.15) is 0 Å². The SMILES string of the molecule is O=C(NCc1ccccc1)NC[C@H]1CC(=O)N(Cc2ccc(F)cc2)C1. The zero-order valence-corrected chi connectivity index (χ0v) is 14.5. The van der Waals surface area contributed by atoms with Crippen LogP contribution in [-0.2, 0) is 17.9 Å². The molecule has 0 unspecified atom stereocenters. The number of carbonyl (C=O) groups is 2. The second-order valence-electron chi connectivity index (χ2n) is 6.52. The molecule has 1 saturated heterocycles. The average Bonchev–Trinajstić information content (AvgIpc) is 3.00. The number of likely N-dealkylation sites (tertiary alicyclic amines) is 1. The Bertz CT molecular complexity index is 749. The van der Waals surface area contributed by atoms with Gasteiger partial charge in [0.2, 0.25) is 5.91 Å². The number of halogens is 1. The highest BCUT2D eigenvalue weighted by atomic mass is 19.1. The second-order valence-corrected chi connectivity index (χ2v) is 6.52. The van der Waals surface area contributed by atoms with Gasteiger partial charge in [0.25, 0.3) is 0 Å². The molecule has 2 aromatic carbocycles. The Kier molecular flexibility index (Phi) is 5.84. The fourth-order valence-corrected chi connectivity index (χ4v) is 3.03. The minimum absolute atomic E-state index is 0.0609. The minimum atomic E-state index is -0.287. The van der Waals surface area contributed by atoms with Crippen molar-refractivity contribution in [1.29, 1.82) is 0 Å². The highest BCUT2D eigenvalue weighted by Crippen LogP contribution is 2.19. The Morgan fingerprint density at radius 1 is 1.04 bits per heavy atom. The van der Waals surface area contributed by atoms with E-state index in [2.05, 4.69) is 10.6 Å². The normalized spacial score (nSPS) is 16.6. The first kappa shape index (κ1) is 17.9. The molecule has 3 rings (SSSR count). The van der Waals surface area contributed by atoms with Gasteiger partial charge in [0.1, 0.15) is 5.82 Å². The lowest BCUT2D eigenvalue weighted by Crippen LogP contribution is -2.38. The summed E-state index contributed by atoms with van der Waals surface area (Å²) < 4.78 is 13.0. The van der Waals surface area contributed by atoms with Crippen LogP contribution in [0.5, 0.6) is 0 Å². The molecular formula is C20H22FN3O2. The van der Waals surface area contributed by atoms with Crippen molar-refractivity contribution in [3.63, 3.8) is 0 Å². The van der Waals surface area contributed by atoms with E-state index in [4.69, 9.17) is 0 Å². The highest BCUT2D eigenvalue weighted by molar-refractivity contribution is 5.79. The largest absolute Gasteiger partial charge is 0.338 e. The summed E-state index contributed by atoms with van der Waals surface area (Å²) in [6.45, 7) is 1.98. The van der Waals surface area contributed by atoms with Gasteiger partial charge in [-0.05, 0) is 23.3 Å². The summed E-state index contributed by atoms with van der Waals surface area (Å²) >= 11 is 0. The van der Waals surface area contributed by atoms with Crippen LogP contribution in [0.2, 0.25) is 0 Å². The van der Waals surface area contributed by atoms with Gasteiger partial charge in [-0.3, -0.25) is 4.79 Å². The van der Waals surface area contributed by atoms with E-state index in [9.17, 15) is 14.0 Å². The topological polar surface area (TPSA) is 61.4 Å². The van der Waals surface area contributed by atoms with E-state index < -0.39 is 0 Å². The van der Waals surface area contributed by atoms with Gasteiger partial charge in [0, 0.05) is 38.5 Å². The second kappa shape index (κ2) is 8.47. The molecule has 1 fully saturated rings. The molecule has 0 saturated carbocycles. The van der Waals surface area contributed by atoms with E-state index >= 15 is 0 Å². The summed E-state index contributed by atoms with van der Waals surface area (Å²) in [5.74, 6) is -0.138. The van der Waals surface area contributed by atoms with Crippen molar-refractivity contribution in [2.24, 2.45) is 5.92 Å². The van der Waals surface area contributed by atoms with Crippen LogP contribution in [0.4, 0.5) is 9.18 Å². The Labute approximate surface area is 152 Å². The zero-order chi connectivity index (χ0) is 18.4. The molecule has 0 bridgehead atoms. The molecule has 0 aliphatic carbocycles. The van der Waals surface area contributed by atoms with Gasteiger partial charge in [-0.25, -0.2) is 9.18 Å². The number of nitrogens with one attached hydrogen (secondary N) is 2. The van der Waals surface area contributed by atoms with Crippen molar-refractivity contribution < 1.29 is 14.0 Å². The summed E-state index contributed by atoms with van der Waals surface area (Å²) in [5, 5.41) is 5.64. The molecule has 26 heavy (non-hydrogen) atoms. The molecule has 3 amide bonds. The van der Waals surface area contributed by atoms with Gasteiger partial charge >= 0.3 is 6.03 Å². The number of rotatable bonds is 6. The van der Waals surface area contributed by atoms with Crippen molar-refractivity contribution in [2.45, 2.75) is 19.5 Å². The van der Waals surface area contributed by atoms with Gasteiger partial charge in [0.05, 0.1) is 0 Å². The summed E-state index contributed by atoms with van der Waals surface area (Å²) in [6.07, 6.45) is 0.417. The van der Waals surface area contributed by atoms with Crippen LogP contribution in [0.3, 0.4) is 0 Å². The summed E-state index contributed by atoms with van der Waals surface area (Å²) in [6, 6.07) is 15.6. The third-order valence-corrected chi connectivity index (χ3v) is 4.43. The Morgan fingerprint density at radius 2 is 1.77 bits per heavy atom. The van der Waals surface area contributed by atoms with E-state index in [0.29, 0.717) is 32.6 Å². The number of benzene rings is 2. The Hall–Kier alpha value is -2.89. The van der Waals surface area contributed by atoms with Crippen LogP contribution in [0.1, 0.15) is 17.5 Å². The molecular weight excluding hydrogens is 333 g/mol. The zero-order valence-electron chi connectivity index (χ0n) is 14.5. The maximum absolute atomic E-state index is 13.0. The molecule has 6 heteroatoms. The molecule has 1 heterocycles. The highest BCUT2D eigenvalue weighted by Gasteiger charge is 2.29. The van der Waals surface area contributed by atoms with E-state index in [0.717, 1.165) is 11.1 Å². The Balaban J connectivity index is 1.41. The number of hydrogen-bond acceptors (Lipinski definition) is 2. The number of carbonyl (C=O) groups excluding carboxylic acids is 2. The van der Waals surface area contributed by atoms with E-state index in [1.54, 1.807) is 17.0 Å². The molecule has 1 aliphatic heterocycles. The number of nitrogens with zero attached hydrogens (tertiary/aromatic N) is 1. The van der Waals surface area contributed by atoms with Crippen molar-refractivity contribution in [1.82, 2.24) is 15.5 Å². The fourth-order valence-electron chi connectivity index (χ4n) is 3.03. The average molecular weight is 355 g/mol. The van der Waals surface area contributed by atoms with Gasteiger partial charge in [-0.1, -0.05) is 42.5 Å². The Morgan fingerprint density at radius 3 is 2.50 bits per heavy atom. The van der Waals surface area contributed by atoms with E-state index in [1.807, 2.05) is 30.3 Å². The standard InChI is InChI=1S/C20H22FN3O2/c21-18-8-6-16(7-9-18)13-24-14-17(10-19(24)25)12-23-20(26)22-11-15-4-2-1-3-5-15/h1-9,17H,10-14H2,(H2,22,23,26)/t17-/m1/s1. The first-order valence-electron chi connectivity index (χ1n) is 8.68. The maximum Gasteiger partial charge on any atom is 0.315 e. The molecule has 0 radical (unpaired) electrons. The molecule has 5 nitrogen and oxygen atoms in total. The lowest BCUT2D eigenvalue weighted by molar-refractivity contribution is -0.128. The van der Waals surface area contributed by atoms with Crippen LogP contribution in [0, 0.1) is 11.7 Å². The smallest absolute Gasteiger partial charge is 0.315 e. The molecule has 2 N–H and O–H groups in total. The van der Waals surface area contributed by atoms with Gasteiger partial charge < -0.3 is 15.5 Å². The fraction of sp³-hybridized carbons (Fsp3) is 0.300. The van der Waals surface area contributed by atoms with Crippen LogP contribution < -0.4 is 10.6 Å². The summed E-state index contributed by atoms with van der Waals surface area (Å²) in [5.41, 5.74) is 1.93. The van der Waals surface area contributed by atoms with Crippen molar-refractivity contribution in [3.8, 4) is 0 Å². The van der Waals surface area contributed by atoms with Gasteiger partial charge in [0.15, 0.2) is 0 Å². The predicted octanol–water partition coefficient (Wildman–Crippen LogP) is 2.67. The van der Waals surface area contributed by atoms with Crippen LogP contribution in [0.25, 0.3) is 0 Å². The molecule has 1 atom stereocenters. The van der Waals surface area contributed by atoms with Crippen LogP contribution in [-0.4, -0.2) is 29.9 Å². The number of urea groups is 1. The van der Waals surface area contributed by atoms with Gasteiger partial charge in [-0.15, -0.1) is 0 Å². The van der Waals surface area contributed by atoms with E-state index in [-0.39, 0.29) is 23.7 Å². The molecule has 0 spiro atoms. The lowest BCUT2D eigenvalue weighted by Gasteiger charge is -2.17. The predicted molar refractivity (Wildman–Crippen MR) is 96.6 cm³/mol. The molecule has 2 aromatic rings.